The van der Waals surface area contributed by atoms with Crippen LogP contribution in [0.15, 0.2) is 18.6 Å². The molecule has 0 N–H and O–H groups in total. The van der Waals surface area contributed by atoms with E-state index in [1.54, 1.807) is 6.20 Å². The quantitative estimate of drug-likeness (QED) is 0.673. The molecule has 12 heavy (non-hydrogen) atoms. The average molecular weight is 182 g/mol. The van der Waals surface area contributed by atoms with Crippen LogP contribution in [0.1, 0.15) is 12.6 Å². The maximum atomic E-state index is 5.83. The normalized spacial score (nSPS) is 10.8. The van der Waals surface area contributed by atoms with Crippen LogP contribution in [0.25, 0.3) is 5.65 Å². The fourth-order valence-electron chi connectivity index (χ4n) is 1.20. The van der Waals surface area contributed by atoms with Crippen molar-refractivity contribution in [2.75, 3.05) is 0 Å². The van der Waals surface area contributed by atoms with Crippen molar-refractivity contribution in [2.24, 2.45) is 0 Å². The number of hydrogen-bond donors (Lipinski definition) is 0. The summed E-state index contributed by atoms with van der Waals surface area (Å²) in [6.45, 7) is 2.08. The molecule has 0 aliphatic rings. The van der Waals surface area contributed by atoms with Gasteiger partial charge in [0.05, 0.1) is 0 Å². The van der Waals surface area contributed by atoms with Crippen LogP contribution in [0.4, 0.5) is 0 Å². The van der Waals surface area contributed by atoms with Crippen LogP contribution in [0, 0.1) is 0 Å². The van der Waals surface area contributed by atoms with Crippen LogP contribution < -0.4 is 0 Å². The number of rotatable bonds is 1. The van der Waals surface area contributed by atoms with E-state index in [2.05, 4.69) is 16.9 Å². The van der Waals surface area contributed by atoms with Gasteiger partial charge in [0.1, 0.15) is 0 Å². The van der Waals surface area contributed by atoms with Gasteiger partial charge in [-0.25, -0.2) is 9.97 Å². The molecule has 0 atom stereocenters. The summed E-state index contributed by atoms with van der Waals surface area (Å²) in [6, 6.07) is 0. The third-order valence-corrected chi connectivity index (χ3v) is 2.09. The largest absolute Gasteiger partial charge is 0.300 e. The summed E-state index contributed by atoms with van der Waals surface area (Å²) in [6.07, 6.45) is 6.31. The van der Waals surface area contributed by atoms with Crippen molar-refractivity contribution in [1.82, 2.24) is 14.4 Å². The van der Waals surface area contributed by atoms with E-state index in [0.29, 0.717) is 5.15 Å². The van der Waals surface area contributed by atoms with Gasteiger partial charge in [-0.05, 0) is 6.42 Å². The minimum Gasteiger partial charge on any atom is -0.300 e. The van der Waals surface area contributed by atoms with E-state index >= 15 is 0 Å². The molecule has 2 aromatic rings. The minimum atomic E-state index is 0.456. The first-order valence-corrected chi connectivity index (χ1v) is 4.17. The molecule has 2 aromatic heterocycles. The van der Waals surface area contributed by atoms with Gasteiger partial charge >= 0.3 is 0 Å². The molecule has 2 rings (SSSR count). The molecule has 62 valence electrons. The van der Waals surface area contributed by atoms with Crippen molar-refractivity contribution in [3.63, 3.8) is 0 Å². The van der Waals surface area contributed by atoms with Crippen molar-refractivity contribution in [3.8, 4) is 0 Å². The highest BCUT2D eigenvalue weighted by Crippen LogP contribution is 2.13. The maximum Gasteiger partial charge on any atom is 0.175 e. The van der Waals surface area contributed by atoms with Gasteiger partial charge in [0.15, 0.2) is 10.8 Å². The second kappa shape index (κ2) is 2.75. The van der Waals surface area contributed by atoms with Crippen LogP contribution in [0.2, 0.25) is 5.15 Å². The zero-order valence-electron chi connectivity index (χ0n) is 6.66. The molecule has 2 heterocycles. The van der Waals surface area contributed by atoms with Crippen molar-refractivity contribution in [1.29, 1.82) is 0 Å². The lowest BCUT2D eigenvalue weighted by Crippen LogP contribution is -1.91. The fraction of sp³-hybridized carbons (Fsp3) is 0.250. The highest BCUT2D eigenvalue weighted by Gasteiger charge is 2.03. The number of aryl methyl sites for hydroxylation is 1. The third kappa shape index (κ3) is 0.975. The van der Waals surface area contributed by atoms with Gasteiger partial charge in [-0.1, -0.05) is 18.5 Å². The standard InChI is InChI=1S/C8H8ClN3/c1-2-6-5-11-8-7(9)10-3-4-12(6)8/h3-5H,2H2,1H3. The zero-order valence-corrected chi connectivity index (χ0v) is 7.41. The van der Waals surface area contributed by atoms with E-state index in [9.17, 15) is 0 Å². The zero-order chi connectivity index (χ0) is 8.55. The molecule has 0 aliphatic heterocycles. The van der Waals surface area contributed by atoms with Gasteiger partial charge in [-0.15, -0.1) is 0 Å². The number of imidazole rings is 1. The highest BCUT2D eigenvalue weighted by atomic mass is 35.5. The Kier molecular flexibility index (Phi) is 1.73. The topological polar surface area (TPSA) is 30.2 Å². The molecule has 4 heteroatoms. The van der Waals surface area contributed by atoms with E-state index in [0.717, 1.165) is 17.8 Å². The Bertz CT molecular complexity index is 408. The maximum absolute atomic E-state index is 5.83. The van der Waals surface area contributed by atoms with E-state index < -0.39 is 0 Å². The molecule has 0 aromatic carbocycles. The second-order valence-electron chi connectivity index (χ2n) is 2.51. The van der Waals surface area contributed by atoms with Crippen LogP contribution >= 0.6 is 11.6 Å². The Morgan fingerprint density at radius 2 is 2.33 bits per heavy atom. The summed E-state index contributed by atoms with van der Waals surface area (Å²) in [5, 5.41) is 0.456. The van der Waals surface area contributed by atoms with E-state index in [1.807, 2.05) is 16.8 Å². The lowest BCUT2D eigenvalue weighted by molar-refractivity contribution is 0.983. The lowest BCUT2D eigenvalue weighted by atomic mass is 10.4. The summed E-state index contributed by atoms with van der Waals surface area (Å²) in [5.74, 6) is 0. The minimum absolute atomic E-state index is 0.456. The van der Waals surface area contributed by atoms with Crippen molar-refractivity contribution < 1.29 is 0 Å². The number of halogens is 1. The Balaban J connectivity index is 2.80. The van der Waals surface area contributed by atoms with E-state index in [4.69, 9.17) is 11.6 Å². The summed E-state index contributed by atoms with van der Waals surface area (Å²) in [5.41, 5.74) is 1.88. The van der Waals surface area contributed by atoms with Gasteiger partial charge in [0, 0.05) is 24.3 Å². The number of hydrogen-bond acceptors (Lipinski definition) is 2. The van der Waals surface area contributed by atoms with Gasteiger partial charge in [0.25, 0.3) is 0 Å². The number of aromatic nitrogens is 3. The molecule has 0 saturated heterocycles. The third-order valence-electron chi connectivity index (χ3n) is 1.82. The van der Waals surface area contributed by atoms with E-state index in [-0.39, 0.29) is 0 Å². The van der Waals surface area contributed by atoms with Gasteiger partial charge in [-0.2, -0.15) is 0 Å². The summed E-state index contributed by atoms with van der Waals surface area (Å²) >= 11 is 5.83. The molecule has 0 fully saturated rings. The monoisotopic (exact) mass is 181 g/mol. The Hall–Kier alpha value is -1.09. The van der Waals surface area contributed by atoms with Crippen LogP contribution in [0.5, 0.6) is 0 Å². The molecule has 0 spiro atoms. The van der Waals surface area contributed by atoms with Crippen molar-refractivity contribution in [3.05, 3.63) is 29.4 Å². The van der Waals surface area contributed by atoms with Gasteiger partial charge < -0.3 is 0 Å². The van der Waals surface area contributed by atoms with Crippen LogP contribution in [-0.2, 0) is 6.42 Å². The Morgan fingerprint density at radius 1 is 1.50 bits per heavy atom. The van der Waals surface area contributed by atoms with Crippen molar-refractivity contribution >= 4 is 17.2 Å². The molecular weight excluding hydrogens is 174 g/mol. The number of nitrogens with zero attached hydrogens (tertiary/aromatic N) is 3. The molecule has 0 bridgehead atoms. The Morgan fingerprint density at radius 3 is 3.08 bits per heavy atom. The summed E-state index contributed by atoms with van der Waals surface area (Å²) in [7, 11) is 0. The first-order chi connectivity index (χ1) is 5.83. The first-order valence-electron chi connectivity index (χ1n) is 3.79. The molecule has 0 aliphatic carbocycles. The average Bonchev–Trinajstić information content (AvgIpc) is 2.49. The fourth-order valence-corrected chi connectivity index (χ4v) is 1.40. The second-order valence-corrected chi connectivity index (χ2v) is 2.87. The molecule has 3 nitrogen and oxygen atoms in total. The van der Waals surface area contributed by atoms with Gasteiger partial charge in [0.2, 0.25) is 0 Å². The van der Waals surface area contributed by atoms with Crippen LogP contribution in [0.3, 0.4) is 0 Å². The Labute approximate surface area is 75.0 Å². The molecule has 0 unspecified atom stereocenters. The lowest BCUT2D eigenvalue weighted by Gasteiger charge is -1.97. The molecule has 0 radical (unpaired) electrons. The number of fused-ring (bicyclic) bond motifs is 1. The molecule has 0 amide bonds. The first kappa shape index (κ1) is 7.55. The highest BCUT2D eigenvalue weighted by molar-refractivity contribution is 6.32. The van der Waals surface area contributed by atoms with Crippen LogP contribution in [-0.4, -0.2) is 14.4 Å². The van der Waals surface area contributed by atoms with E-state index in [1.165, 1.54) is 0 Å². The van der Waals surface area contributed by atoms with Crippen molar-refractivity contribution in [2.45, 2.75) is 13.3 Å². The smallest absolute Gasteiger partial charge is 0.175 e. The summed E-state index contributed by atoms with van der Waals surface area (Å²) in [4.78, 5) is 8.09. The van der Waals surface area contributed by atoms with Gasteiger partial charge in [-0.3, -0.25) is 4.40 Å². The molecule has 0 saturated carbocycles. The summed E-state index contributed by atoms with van der Waals surface area (Å²) < 4.78 is 1.95. The predicted molar refractivity (Wildman–Crippen MR) is 47.4 cm³/mol. The predicted octanol–water partition coefficient (Wildman–Crippen LogP) is 1.95. The molecular formula is C8H8ClN3. The SMILES string of the molecule is CCc1cnc2c(Cl)nccn12.